The summed E-state index contributed by atoms with van der Waals surface area (Å²) in [5.41, 5.74) is 1.44. The summed E-state index contributed by atoms with van der Waals surface area (Å²) in [6.45, 7) is 0.761. The Hall–Kier alpha value is -1.88. The number of hydrogen-bond acceptors (Lipinski definition) is 5. The molecule has 0 bridgehead atoms. The van der Waals surface area contributed by atoms with Crippen LogP contribution < -0.4 is 10.0 Å². The van der Waals surface area contributed by atoms with Gasteiger partial charge in [-0.3, -0.25) is 0 Å². The van der Waals surface area contributed by atoms with Crippen LogP contribution >= 0.6 is 11.3 Å². The molecule has 5 nitrogen and oxygen atoms in total. The first-order valence-corrected chi connectivity index (χ1v) is 8.25. The lowest BCUT2D eigenvalue weighted by molar-refractivity contribution is 0.585. The zero-order chi connectivity index (χ0) is 14.4. The molecule has 1 aromatic heterocycles. The summed E-state index contributed by atoms with van der Waals surface area (Å²) < 4.78 is 26.5. The maximum Gasteiger partial charge on any atom is 0.250 e. The maximum atomic E-state index is 11.8. The lowest BCUT2D eigenvalue weighted by atomic mass is 10.2. The van der Waals surface area contributed by atoms with Gasteiger partial charge < -0.3 is 5.32 Å². The second kappa shape index (κ2) is 6.52. The molecular weight excluding hydrogens is 294 g/mol. The van der Waals surface area contributed by atoms with Gasteiger partial charge in [-0.2, -0.15) is 5.26 Å². The van der Waals surface area contributed by atoms with Crippen molar-refractivity contribution in [3.63, 3.8) is 0 Å². The van der Waals surface area contributed by atoms with E-state index in [9.17, 15) is 8.42 Å². The van der Waals surface area contributed by atoms with Gasteiger partial charge in [-0.1, -0.05) is 6.07 Å². The molecule has 0 saturated heterocycles. The molecule has 7 heteroatoms. The third kappa shape index (κ3) is 3.81. The fourth-order valence-electron chi connectivity index (χ4n) is 1.54. The molecule has 1 aromatic carbocycles. The van der Waals surface area contributed by atoms with Crippen molar-refractivity contribution in [1.82, 2.24) is 4.72 Å². The standard InChI is InChI=1S/C13H13N3O2S2/c14-10-11-3-5-12(6-4-11)15-7-8-16-20(17,18)13-2-1-9-19-13/h1-6,9,15-16H,7-8H2. The molecular formula is C13H13N3O2S2. The number of nitrogens with one attached hydrogen (secondary N) is 2. The highest BCUT2D eigenvalue weighted by Crippen LogP contribution is 2.15. The quantitative estimate of drug-likeness (QED) is 0.800. The van der Waals surface area contributed by atoms with Gasteiger partial charge in [-0.05, 0) is 35.7 Å². The van der Waals surface area contributed by atoms with Gasteiger partial charge >= 0.3 is 0 Å². The fraction of sp³-hybridized carbons (Fsp3) is 0.154. The molecule has 2 N–H and O–H groups in total. The average molecular weight is 307 g/mol. The van der Waals surface area contributed by atoms with Crippen molar-refractivity contribution in [3.8, 4) is 6.07 Å². The van der Waals surface area contributed by atoms with Gasteiger partial charge in [0.25, 0.3) is 0 Å². The molecule has 0 fully saturated rings. The molecule has 0 saturated carbocycles. The van der Waals surface area contributed by atoms with Crippen molar-refractivity contribution < 1.29 is 8.42 Å². The number of thiophene rings is 1. The molecule has 0 radical (unpaired) electrons. The van der Waals surface area contributed by atoms with Gasteiger partial charge in [0.15, 0.2) is 0 Å². The molecule has 0 aliphatic heterocycles. The van der Waals surface area contributed by atoms with E-state index >= 15 is 0 Å². The second-order valence-corrected chi connectivity index (χ2v) is 6.89. The van der Waals surface area contributed by atoms with Crippen molar-refractivity contribution in [2.75, 3.05) is 18.4 Å². The molecule has 0 amide bonds. The first-order chi connectivity index (χ1) is 9.62. The minimum Gasteiger partial charge on any atom is -0.384 e. The second-order valence-electron chi connectivity index (χ2n) is 3.95. The van der Waals surface area contributed by atoms with Crippen LogP contribution in [-0.2, 0) is 10.0 Å². The van der Waals surface area contributed by atoms with E-state index in [1.807, 2.05) is 6.07 Å². The molecule has 104 valence electrons. The Bertz CT molecular complexity index is 686. The van der Waals surface area contributed by atoms with E-state index in [0.717, 1.165) is 5.69 Å². The van der Waals surface area contributed by atoms with Crippen molar-refractivity contribution in [2.45, 2.75) is 4.21 Å². The Kier molecular flexibility index (Phi) is 4.74. The van der Waals surface area contributed by atoms with E-state index < -0.39 is 10.0 Å². The summed E-state index contributed by atoms with van der Waals surface area (Å²) >= 11 is 1.19. The summed E-state index contributed by atoms with van der Waals surface area (Å²) in [6.07, 6.45) is 0. The molecule has 2 aromatic rings. The molecule has 0 atom stereocenters. The lowest BCUT2D eigenvalue weighted by Crippen LogP contribution is -2.28. The Labute approximate surface area is 121 Å². The highest BCUT2D eigenvalue weighted by molar-refractivity contribution is 7.91. The minimum atomic E-state index is -3.40. The summed E-state index contributed by atoms with van der Waals surface area (Å²) in [7, 11) is -3.40. The molecule has 20 heavy (non-hydrogen) atoms. The Morgan fingerprint density at radius 2 is 1.90 bits per heavy atom. The van der Waals surface area contributed by atoms with E-state index in [0.29, 0.717) is 22.9 Å². The predicted octanol–water partition coefficient (Wildman–Crippen LogP) is 2.01. The van der Waals surface area contributed by atoms with Crippen LogP contribution in [-0.4, -0.2) is 21.5 Å². The zero-order valence-electron chi connectivity index (χ0n) is 10.5. The molecule has 0 aliphatic rings. The molecule has 0 aliphatic carbocycles. The summed E-state index contributed by atoms with van der Waals surface area (Å²) in [4.78, 5) is 0. The van der Waals surface area contributed by atoms with Gasteiger partial charge in [0.05, 0.1) is 11.6 Å². The van der Waals surface area contributed by atoms with Crippen LogP contribution in [0.4, 0.5) is 5.69 Å². The van der Waals surface area contributed by atoms with Gasteiger partial charge in [0.1, 0.15) is 4.21 Å². The first kappa shape index (κ1) is 14.5. The Balaban J connectivity index is 1.80. The number of nitriles is 1. The number of nitrogens with zero attached hydrogens (tertiary/aromatic N) is 1. The number of hydrogen-bond donors (Lipinski definition) is 2. The van der Waals surface area contributed by atoms with Crippen LogP contribution in [0.3, 0.4) is 0 Å². The van der Waals surface area contributed by atoms with E-state index in [1.165, 1.54) is 11.3 Å². The SMILES string of the molecule is N#Cc1ccc(NCCNS(=O)(=O)c2cccs2)cc1. The third-order valence-corrected chi connectivity index (χ3v) is 5.38. The normalized spacial score (nSPS) is 10.9. The fourth-order valence-corrected chi connectivity index (χ4v) is 3.61. The van der Waals surface area contributed by atoms with Gasteiger partial charge in [-0.25, -0.2) is 13.1 Å². The lowest BCUT2D eigenvalue weighted by Gasteiger charge is -2.07. The molecule has 0 unspecified atom stereocenters. The van der Waals surface area contributed by atoms with Gasteiger partial charge in [0.2, 0.25) is 10.0 Å². The number of anilines is 1. The van der Waals surface area contributed by atoms with Crippen molar-refractivity contribution in [3.05, 3.63) is 47.3 Å². The van der Waals surface area contributed by atoms with Crippen LogP contribution in [0.15, 0.2) is 46.0 Å². The Morgan fingerprint density at radius 1 is 1.15 bits per heavy atom. The predicted molar refractivity (Wildman–Crippen MR) is 79.2 cm³/mol. The van der Waals surface area contributed by atoms with Crippen LogP contribution in [0, 0.1) is 11.3 Å². The topological polar surface area (TPSA) is 82.0 Å². The zero-order valence-corrected chi connectivity index (χ0v) is 12.2. The summed E-state index contributed by atoms with van der Waals surface area (Å²) in [5.74, 6) is 0. The van der Waals surface area contributed by atoms with E-state index in [2.05, 4.69) is 10.0 Å². The van der Waals surface area contributed by atoms with Crippen molar-refractivity contribution in [1.29, 1.82) is 5.26 Å². The molecule has 1 heterocycles. The highest BCUT2D eigenvalue weighted by Gasteiger charge is 2.13. The van der Waals surface area contributed by atoms with Gasteiger partial charge in [0, 0.05) is 18.8 Å². The minimum absolute atomic E-state index is 0.292. The molecule has 2 rings (SSSR count). The highest BCUT2D eigenvalue weighted by atomic mass is 32.2. The van der Waals surface area contributed by atoms with Crippen molar-refractivity contribution in [2.24, 2.45) is 0 Å². The third-order valence-electron chi connectivity index (χ3n) is 2.52. The van der Waals surface area contributed by atoms with E-state index in [1.54, 1.807) is 41.8 Å². The van der Waals surface area contributed by atoms with E-state index in [4.69, 9.17) is 5.26 Å². The first-order valence-electron chi connectivity index (χ1n) is 5.89. The van der Waals surface area contributed by atoms with Crippen molar-refractivity contribution >= 4 is 27.0 Å². The monoisotopic (exact) mass is 307 g/mol. The molecule has 0 spiro atoms. The van der Waals surface area contributed by atoms with Crippen LogP contribution in [0.5, 0.6) is 0 Å². The smallest absolute Gasteiger partial charge is 0.250 e. The number of benzene rings is 1. The van der Waals surface area contributed by atoms with Crippen LogP contribution in [0.1, 0.15) is 5.56 Å². The van der Waals surface area contributed by atoms with Crippen LogP contribution in [0.25, 0.3) is 0 Å². The number of rotatable bonds is 6. The van der Waals surface area contributed by atoms with E-state index in [-0.39, 0.29) is 0 Å². The Morgan fingerprint density at radius 3 is 2.50 bits per heavy atom. The van der Waals surface area contributed by atoms with Gasteiger partial charge in [-0.15, -0.1) is 11.3 Å². The average Bonchev–Trinajstić information content (AvgIpc) is 2.99. The summed E-state index contributed by atoms with van der Waals surface area (Å²) in [6, 6.07) is 12.3. The maximum absolute atomic E-state index is 11.8. The summed E-state index contributed by atoms with van der Waals surface area (Å²) in [5, 5.41) is 13.5. The number of sulfonamides is 1. The largest absolute Gasteiger partial charge is 0.384 e. The van der Waals surface area contributed by atoms with Crippen LogP contribution in [0.2, 0.25) is 0 Å².